The summed E-state index contributed by atoms with van der Waals surface area (Å²) < 4.78 is 5.69. The van der Waals surface area contributed by atoms with E-state index >= 15 is 0 Å². The molecule has 0 saturated carbocycles. The van der Waals surface area contributed by atoms with Crippen LogP contribution in [0.4, 0.5) is 5.00 Å². The second-order valence-electron chi connectivity index (χ2n) is 5.88. The molecule has 24 heavy (non-hydrogen) atoms. The van der Waals surface area contributed by atoms with Gasteiger partial charge in [-0.25, -0.2) is 0 Å². The number of anilines is 1. The number of carbonyl (C=O) groups excluding carboxylic acids is 1. The Balaban J connectivity index is 1.90. The molecule has 0 radical (unpaired) electrons. The van der Waals surface area contributed by atoms with E-state index < -0.39 is 11.5 Å². The van der Waals surface area contributed by atoms with E-state index in [-0.39, 0.29) is 11.3 Å². The summed E-state index contributed by atoms with van der Waals surface area (Å²) in [6.45, 7) is 2.37. The van der Waals surface area contributed by atoms with E-state index in [9.17, 15) is 14.7 Å². The van der Waals surface area contributed by atoms with Crippen LogP contribution in [0.2, 0.25) is 0 Å². The van der Waals surface area contributed by atoms with E-state index in [1.54, 1.807) is 16.7 Å². The highest BCUT2D eigenvalue weighted by atomic mass is 32.1. The Morgan fingerprint density at radius 1 is 1.42 bits per heavy atom. The number of rotatable bonds is 2. The summed E-state index contributed by atoms with van der Waals surface area (Å²) in [7, 11) is 0. The van der Waals surface area contributed by atoms with Crippen LogP contribution in [0.25, 0.3) is 10.9 Å². The van der Waals surface area contributed by atoms with Crippen molar-refractivity contribution in [3.8, 4) is 5.75 Å². The van der Waals surface area contributed by atoms with Crippen LogP contribution in [-0.2, 0) is 13.0 Å². The van der Waals surface area contributed by atoms with Crippen molar-refractivity contribution in [2.75, 3.05) is 5.32 Å². The van der Waals surface area contributed by atoms with Crippen molar-refractivity contribution >= 4 is 33.3 Å². The number of benzene rings is 1. The molecule has 6 nitrogen and oxygen atoms in total. The molecule has 0 spiro atoms. The fourth-order valence-corrected chi connectivity index (χ4v) is 3.87. The van der Waals surface area contributed by atoms with Gasteiger partial charge in [0.25, 0.3) is 11.5 Å². The molecule has 0 unspecified atom stereocenters. The summed E-state index contributed by atoms with van der Waals surface area (Å²) in [4.78, 5) is 25.4. The van der Waals surface area contributed by atoms with Crippen LogP contribution in [0, 0.1) is 6.92 Å². The molecule has 7 heteroatoms. The minimum atomic E-state index is -0.609. The third-order valence-corrected chi connectivity index (χ3v) is 5.06. The Morgan fingerprint density at radius 3 is 3.00 bits per heavy atom. The second-order valence-corrected chi connectivity index (χ2v) is 6.69. The van der Waals surface area contributed by atoms with Gasteiger partial charge in [-0.15, -0.1) is 0 Å². The molecule has 1 aliphatic rings. The Hall–Kier alpha value is -2.67. The Morgan fingerprint density at radius 2 is 2.25 bits per heavy atom. The molecule has 1 amide bonds. The fourth-order valence-electron chi connectivity index (χ4n) is 3.22. The average molecular weight is 341 g/mol. The molecule has 0 atom stereocenters. The van der Waals surface area contributed by atoms with E-state index in [1.807, 2.05) is 19.1 Å². The number of aromatic hydroxyl groups is 1. The number of carbonyl (C=O) groups is 1. The Bertz CT molecular complexity index is 1040. The molecule has 0 bridgehead atoms. The summed E-state index contributed by atoms with van der Waals surface area (Å²) >= 11 is 1.14. The number of para-hydroxylation sites is 1. The van der Waals surface area contributed by atoms with Gasteiger partial charge in [0.15, 0.2) is 0 Å². The highest BCUT2D eigenvalue weighted by Crippen LogP contribution is 2.32. The molecule has 122 valence electrons. The summed E-state index contributed by atoms with van der Waals surface area (Å²) in [6, 6.07) is 7.26. The first-order chi connectivity index (χ1) is 11.6. The zero-order valence-electron chi connectivity index (χ0n) is 13.0. The van der Waals surface area contributed by atoms with Gasteiger partial charge >= 0.3 is 0 Å². The number of hydrogen-bond donors (Lipinski definition) is 2. The predicted molar refractivity (Wildman–Crippen MR) is 93.0 cm³/mol. The molecule has 2 aromatic heterocycles. The first-order valence-corrected chi connectivity index (χ1v) is 8.45. The molecule has 0 aliphatic carbocycles. The van der Waals surface area contributed by atoms with Crippen LogP contribution in [0.3, 0.4) is 0 Å². The molecule has 4 rings (SSSR count). The first kappa shape index (κ1) is 14.9. The van der Waals surface area contributed by atoms with Crippen molar-refractivity contribution in [2.45, 2.75) is 26.3 Å². The quantitative estimate of drug-likeness (QED) is 0.750. The minimum absolute atomic E-state index is 0.215. The molecule has 3 heterocycles. The molecule has 0 fully saturated rings. The molecule has 1 aromatic carbocycles. The van der Waals surface area contributed by atoms with Crippen molar-refractivity contribution in [3.05, 3.63) is 51.4 Å². The van der Waals surface area contributed by atoms with Gasteiger partial charge in [-0.05, 0) is 49.0 Å². The lowest BCUT2D eigenvalue weighted by Gasteiger charge is -2.21. The number of amides is 1. The Kier molecular flexibility index (Phi) is 3.38. The lowest BCUT2D eigenvalue weighted by Crippen LogP contribution is -2.31. The van der Waals surface area contributed by atoms with E-state index in [0.717, 1.165) is 41.1 Å². The molecular formula is C17H15N3O3S. The van der Waals surface area contributed by atoms with Crippen LogP contribution in [0.5, 0.6) is 5.75 Å². The van der Waals surface area contributed by atoms with Crippen molar-refractivity contribution in [2.24, 2.45) is 0 Å². The SMILES string of the molecule is Cc1cc(NC(=O)c2c(O)c3cccc4c3n(c2=O)CCC4)sn1. The largest absolute Gasteiger partial charge is 0.506 e. The minimum Gasteiger partial charge on any atom is -0.506 e. The topological polar surface area (TPSA) is 84.2 Å². The highest BCUT2D eigenvalue weighted by molar-refractivity contribution is 7.10. The van der Waals surface area contributed by atoms with Gasteiger partial charge in [-0.1, -0.05) is 12.1 Å². The highest BCUT2D eigenvalue weighted by Gasteiger charge is 2.25. The maximum atomic E-state index is 12.8. The van der Waals surface area contributed by atoms with E-state index in [2.05, 4.69) is 9.69 Å². The predicted octanol–water partition coefficient (Wildman–Crippen LogP) is 2.67. The maximum Gasteiger partial charge on any atom is 0.267 e. The number of aromatic nitrogens is 2. The van der Waals surface area contributed by atoms with Gasteiger partial charge in [0.05, 0.1) is 11.2 Å². The zero-order chi connectivity index (χ0) is 16.8. The van der Waals surface area contributed by atoms with Crippen molar-refractivity contribution in [1.82, 2.24) is 8.94 Å². The van der Waals surface area contributed by atoms with Gasteiger partial charge in [-0.3, -0.25) is 9.59 Å². The van der Waals surface area contributed by atoms with Gasteiger partial charge in [0, 0.05) is 11.9 Å². The monoisotopic (exact) mass is 341 g/mol. The van der Waals surface area contributed by atoms with Crippen molar-refractivity contribution < 1.29 is 9.90 Å². The molecule has 0 saturated heterocycles. The lowest BCUT2D eigenvalue weighted by molar-refractivity contribution is 0.102. The smallest absolute Gasteiger partial charge is 0.267 e. The van der Waals surface area contributed by atoms with Crippen LogP contribution in [0.15, 0.2) is 29.1 Å². The Labute approximate surface area is 141 Å². The van der Waals surface area contributed by atoms with Gasteiger partial charge in [-0.2, -0.15) is 4.37 Å². The van der Waals surface area contributed by atoms with Crippen LogP contribution in [0.1, 0.15) is 28.0 Å². The lowest BCUT2D eigenvalue weighted by atomic mass is 9.99. The fraction of sp³-hybridized carbons (Fsp3) is 0.235. The molecule has 2 N–H and O–H groups in total. The van der Waals surface area contributed by atoms with Crippen LogP contribution >= 0.6 is 11.5 Å². The molecular weight excluding hydrogens is 326 g/mol. The third-order valence-electron chi connectivity index (χ3n) is 4.26. The van der Waals surface area contributed by atoms with Gasteiger partial charge < -0.3 is 15.0 Å². The van der Waals surface area contributed by atoms with Crippen LogP contribution in [-0.4, -0.2) is 20.0 Å². The van der Waals surface area contributed by atoms with Gasteiger partial charge in [0.2, 0.25) is 0 Å². The maximum absolute atomic E-state index is 12.8. The summed E-state index contributed by atoms with van der Waals surface area (Å²) in [6.07, 6.45) is 1.70. The van der Waals surface area contributed by atoms with Gasteiger partial charge in [0.1, 0.15) is 16.3 Å². The van der Waals surface area contributed by atoms with E-state index in [1.165, 1.54) is 0 Å². The standard InChI is InChI=1S/C17H15N3O3S/c1-9-8-12(24-19-9)18-16(22)13-15(21)11-6-2-4-10-5-3-7-20(14(10)11)17(13)23/h2,4,6,8,21H,3,5,7H2,1H3,(H,18,22). The number of nitrogens with zero attached hydrogens (tertiary/aromatic N) is 2. The average Bonchev–Trinajstić information content (AvgIpc) is 2.97. The number of pyridine rings is 1. The summed E-state index contributed by atoms with van der Waals surface area (Å²) in [5, 5.41) is 14.3. The van der Waals surface area contributed by atoms with Crippen molar-refractivity contribution in [3.63, 3.8) is 0 Å². The second kappa shape index (κ2) is 5.45. The van der Waals surface area contributed by atoms with Crippen LogP contribution < -0.4 is 10.9 Å². The van der Waals surface area contributed by atoms with Crippen molar-refractivity contribution in [1.29, 1.82) is 0 Å². The zero-order valence-corrected chi connectivity index (χ0v) is 13.8. The third kappa shape index (κ3) is 2.20. The molecule has 3 aromatic rings. The molecule has 1 aliphatic heterocycles. The number of aryl methyl sites for hydroxylation is 3. The van der Waals surface area contributed by atoms with E-state index in [4.69, 9.17) is 0 Å². The first-order valence-electron chi connectivity index (χ1n) is 7.68. The number of hydrogen-bond acceptors (Lipinski definition) is 5. The summed E-state index contributed by atoms with van der Waals surface area (Å²) in [5.74, 6) is -0.864. The number of nitrogens with one attached hydrogen (secondary N) is 1. The normalized spacial score (nSPS) is 13.2. The summed E-state index contributed by atoms with van der Waals surface area (Å²) in [5.41, 5.74) is 1.88. The van der Waals surface area contributed by atoms with E-state index in [0.29, 0.717) is 16.9 Å².